The molecule has 3 aromatic heterocycles. The fourth-order valence-electron chi connectivity index (χ4n) is 3.78. The Labute approximate surface area is 215 Å². The molecule has 0 bridgehead atoms. The highest BCUT2D eigenvalue weighted by molar-refractivity contribution is 6.37. The Morgan fingerprint density at radius 1 is 1.11 bits per heavy atom. The summed E-state index contributed by atoms with van der Waals surface area (Å²) in [4.78, 5) is 21.9. The highest BCUT2D eigenvalue weighted by Gasteiger charge is 2.27. The molecule has 7 nitrogen and oxygen atoms in total. The van der Waals surface area contributed by atoms with Gasteiger partial charge in [-0.05, 0) is 55.0 Å². The molecule has 0 unspecified atom stereocenters. The van der Waals surface area contributed by atoms with Gasteiger partial charge in [-0.1, -0.05) is 46.0 Å². The Morgan fingerprint density at radius 2 is 1.97 bits per heavy atom. The molecule has 0 saturated heterocycles. The van der Waals surface area contributed by atoms with Crippen LogP contribution in [0.25, 0.3) is 22.3 Å². The first-order chi connectivity index (χ1) is 17.0. The van der Waals surface area contributed by atoms with E-state index in [1.807, 2.05) is 25.1 Å². The van der Waals surface area contributed by atoms with E-state index in [2.05, 4.69) is 15.1 Å². The van der Waals surface area contributed by atoms with Gasteiger partial charge in [0.05, 0.1) is 24.2 Å². The molecule has 5 aromatic rings. The second-order valence-electron chi connectivity index (χ2n) is 7.59. The van der Waals surface area contributed by atoms with Crippen LogP contribution in [-0.2, 0) is 6.54 Å². The molecular formula is C25H17Cl3N4O3. The van der Waals surface area contributed by atoms with E-state index in [9.17, 15) is 4.79 Å². The highest BCUT2D eigenvalue weighted by atomic mass is 35.5. The smallest absolute Gasteiger partial charge is 0.299 e. The second kappa shape index (κ2) is 9.70. The van der Waals surface area contributed by atoms with E-state index in [4.69, 9.17) is 44.1 Å². The van der Waals surface area contributed by atoms with Crippen LogP contribution in [0.5, 0.6) is 5.75 Å². The summed E-state index contributed by atoms with van der Waals surface area (Å²) in [6.07, 6.45) is 3.22. The number of benzene rings is 2. The number of nitrogens with zero attached hydrogens (tertiary/aromatic N) is 4. The first kappa shape index (κ1) is 23.4. The number of carbonyl (C=O) groups excluding carboxylic acids is 1. The Bertz CT molecular complexity index is 1550. The van der Waals surface area contributed by atoms with Gasteiger partial charge in [0.25, 0.3) is 11.7 Å². The summed E-state index contributed by atoms with van der Waals surface area (Å²) in [5, 5.41) is 5.76. The van der Waals surface area contributed by atoms with E-state index in [1.165, 1.54) is 0 Å². The van der Waals surface area contributed by atoms with E-state index in [0.717, 1.165) is 11.1 Å². The van der Waals surface area contributed by atoms with Crippen molar-refractivity contribution in [2.45, 2.75) is 13.5 Å². The van der Waals surface area contributed by atoms with Crippen LogP contribution in [0.1, 0.15) is 28.7 Å². The van der Waals surface area contributed by atoms with Gasteiger partial charge in [0.2, 0.25) is 5.82 Å². The minimum absolute atomic E-state index is 0.184. The van der Waals surface area contributed by atoms with Crippen molar-refractivity contribution >= 4 is 51.5 Å². The maximum Gasteiger partial charge on any atom is 0.299 e. The molecule has 3 heterocycles. The van der Waals surface area contributed by atoms with Gasteiger partial charge in [-0.3, -0.25) is 9.78 Å². The molecule has 0 saturated carbocycles. The van der Waals surface area contributed by atoms with Crippen molar-refractivity contribution in [1.29, 1.82) is 0 Å². The number of pyridine rings is 1. The van der Waals surface area contributed by atoms with Crippen LogP contribution in [-0.4, -0.2) is 32.1 Å². The van der Waals surface area contributed by atoms with Gasteiger partial charge in [0.15, 0.2) is 0 Å². The molecular weight excluding hydrogens is 511 g/mol. The van der Waals surface area contributed by atoms with Gasteiger partial charge in [-0.25, -0.2) is 0 Å². The molecule has 10 heteroatoms. The fourth-order valence-corrected chi connectivity index (χ4v) is 4.59. The molecule has 5 rings (SSSR count). The molecule has 0 spiro atoms. The summed E-state index contributed by atoms with van der Waals surface area (Å²) in [6, 6.07) is 14.2. The SMILES string of the molecule is CCOc1ccc2c(c1)c(C(=O)c1nc(-c3cccnc3)no1)c(Cl)n2Cc1ccc(Cl)cc1Cl. The van der Waals surface area contributed by atoms with Crippen LogP contribution in [0.15, 0.2) is 65.4 Å². The quantitative estimate of drug-likeness (QED) is 0.218. The topological polar surface area (TPSA) is 83.0 Å². The number of ketones is 1. The Kier molecular flexibility index (Phi) is 6.47. The van der Waals surface area contributed by atoms with Gasteiger partial charge in [0, 0.05) is 33.4 Å². The van der Waals surface area contributed by atoms with E-state index in [1.54, 1.807) is 47.3 Å². The lowest BCUT2D eigenvalue weighted by atomic mass is 10.1. The molecule has 0 aliphatic heterocycles. The van der Waals surface area contributed by atoms with Crippen LogP contribution < -0.4 is 4.74 Å². The summed E-state index contributed by atoms with van der Waals surface area (Å²) < 4.78 is 12.8. The van der Waals surface area contributed by atoms with Crippen molar-refractivity contribution in [1.82, 2.24) is 19.7 Å². The van der Waals surface area contributed by atoms with Crippen LogP contribution >= 0.6 is 34.8 Å². The standard InChI is InChI=1S/C25H17Cl3N4O3/c1-2-34-17-7-8-20-18(11-17)21(23(28)32(20)13-15-5-6-16(26)10-19(15)27)22(33)25-30-24(31-35-25)14-4-3-9-29-12-14/h3-12H,2,13H2,1H3. The van der Waals surface area contributed by atoms with E-state index >= 15 is 0 Å². The van der Waals surface area contributed by atoms with Crippen molar-refractivity contribution in [2.75, 3.05) is 6.61 Å². The number of ether oxygens (including phenoxy) is 1. The molecule has 35 heavy (non-hydrogen) atoms. The molecule has 0 radical (unpaired) electrons. The largest absolute Gasteiger partial charge is 0.494 e. The van der Waals surface area contributed by atoms with Gasteiger partial charge >= 0.3 is 0 Å². The molecule has 0 atom stereocenters. The monoisotopic (exact) mass is 526 g/mol. The number of fused-ring (bicyclic) bond motifs is 1. The molecule has 0 N–H and O–H groups in total. The lowest BCUT2D eigenvalue weighted by Gasteiger charge is -2.10. The average Bonchev–Trinajstić information content (AvgIpc) is 3.45. The lowest BCUT2D eigenvalue weighted by molar-refractivity contribution is 0.0995. The minimum Gasteiger partial charge on any atom is -0.494 e. The molecule has 2 aromatic carbocycles. The lowest BCUT2D eigenvalue weighted by Crippen LogP contribution is -2.04. The van der Waals surface area contributed by atoms with E-state index < -0.39 is 5.78 Å². The van der Waals surface area contributed by atoms with Gasteiger partial charge in [-0.15, -0.1) is 0 Å². The third-order valence-corrected chi connectivity index (χ3v) is 6.37. The van der Waals surface area contributed by atoms with E-state index in [0.29, 0.717) is 39.9 Å². The molecule has 0 amide bonds. The van der Waals surface area contributed by atoms with Crippen molar-refractivity contribution in [2.24, 2.45) is 0 Å². The van der Waals surface area contributed by atoms with Crippen molar-refractivity contribution in [3.8, 4) is 17.1 Å². The maximum atomic E-state index is 13.6. The molecule has 0 aliphatic carbocycles. The van der Waals surface area contributed by atoms with Crippen molar-refractivity contribution < 1.29 is 14.1 Å². The summed E-state index contributed by atoms with van der Waals surface area (Å²) >= 11 is 19.3. The first-order valence-electron chi connectivity index (χ1n) is 10.6. The summed E-state index contributed by atoms with van der Waals surface area (Å²) in [5.74, 6) is 0.173. The van der Waals surface area contributed by atoms with Crippen molar-refractivity contribution in [3.05, 3.63) is 93.1 Å². The summed E-state index contributed by atoms with van der Waals surface area (Å²) in [7, 11) is 0. The van der Waals surface area contributed by atoms with E-state index in [-0.39, 0.29) is 22.4 Å². The zero-order valence-electron chi connectivity index (χ0n) is 18.3. The predicted molar refractivity (Wildman–Crippen MR) is 135 cm³/mol. The number of rotatable bonds is 7. The average molecular weight is 528 g/mol. The number of carbonyl (C=O) groups is 1. The summed E-state index contributed by atoms with van der Waals surface area (Å²) in [6.45, 7) is 2.68. The van der Waals surface area contributed by atoms with Gasteiger partial charge in [-0.2, -0.15) is 4.98 Å². The third kappa shape index (κ3) is 4.50. The van der Waals surface area contributed by atoms with Gasteiger partial charge < -0.3 is 13.8 Å². The zero-order chi connectivity index (χ0) is 24.5. The van der Waals surface area contributed by atoms with Crippen LogP contribution in [0.3, 0.4) is 0 Å². The Hall–Kier alpha value is -3.39. The van der Waals surface area contributed by atoms with Gasteiger partial charge in [0.1, 0.15) is 10.9 Å². The Morgan fingerprint density at radius 3 is 2.71 bits per heavy atom. The number of hydrogen-bond acceptors (Lipinski definition) is 6. The minimum atomic E-state index is -0.503. The first-order valence-corrected chi connectivity index (χ1v) is 11.8. The highest BCUT2D eigenvalue weighted by Crippen LogP contribution is 2.36. The summed E-state index contributed by atoms with van der Waals surface area (Å²) in [5.41, 5.74) is 2.37. The number of hydrogen-bond donors (Lipinski definition) is 0. The van der Waals surface area contributed by atoms with Crippen LogP contribution in [0, 0.1) is 0 Å². The zero-order valence-corrected chi connectivity index (χ0v) is 20.6. The molecule has 176 valence electrons. The van der Waals surface area contributed by atoms with Crippen LogP contribution in [0.4, 0.5) is 0 Å². The third-order valence-electron chi connectivity index (χ3n) is 5.39. The normalized spacial score (nSPS) is 11.2. The van der Waals surface area contributed by atoms with Crippen LogP contribution in [0.2, 0.25) is 15.2 Å². The van der Waals surface area contributed by atoms with Crippen molar-refractivity contribution in [3.63, 3.8) is 0 Å². The Balaban J connectivity index is 1.62. The predicted octanol–water partition coefficient (Wildman–Crippen LogP) is 6.72. The maximum absolute atomic E-state index is 13.6. The number of halogens is 3. The second-order valence-corrected chi connectivity index (χ2v) is 8.80. The number of aromatic nitrogens is 4. The molecule has 0 fully saturated rings. The molecule has 0 aliphatic rings. The fraction of sp³-hybridized carbons (Fsp3) is 0.120.